The highest BCUT2D eigenvalue weighted by atomic mass is 35.5. The van der Waals surface area contributed by atoms with Crippen molar-refractivity contribution in [3.63, 3.8) is 0 Å². The van der Waals surface area contributed by atoms with Crippen molar-refractivity contribution in [1.82, 2.24) is 15.2 Å². The minimum Gasteiger partial charge on any atom is -0.422 e. The molecule has 0 spiro atoms. The van der Waals surface area contributed by atoms with Crippen LogP contribution in [0.2, 0.25) is 5.02 Å². The van der Waals surface area contributed by atoms with Gasteiger partial charge in [0.1, 0.15) is 6.61 Å². The fraction of sp³-hybridized carbons (Fsp3) is 0.545. The predicted molar refractivity (Wildman–Crippen MR) is 121 cm³/mol. The average molecular weight is 531 g/mol. The van der Waals surface area contributed by atoms with E-state index in [9.17, 15) is 18.0 Å². The summed E-state index contributed by atoms with van der Waals surface area (Å²) in [5.74, 6) is 0.658. The average Bonchev–Trinajstić information content (AvgIpc) is 3.41. The first-order valence-corrected chi connectivity index (χ1v) is 12.5. The Kier molecular flexibility index (Phi) is 6.97. The number of halogens is 4. The molecule has 2 aliphatic rings. The summed E-state index contributed by atoms with van der Waals surface area (Å²) >= 11 is 7.41. The highest BCUT2D eigenvalue weighted by Gasteiger charge is 2.40. The SMILES string of the molecule is O=C(Nc1nc2cc(Cl)ccc2s1)[C@H]1CC[C@H](c2nnc(CO[C@H]3C[C@@H](OC(F)(F)F)C3)o2)CC1. The summed E-state index contributed by atoms with van der Waals surface area (Å²) in [6.45, 7) is 0.0432. The van der Waals surface area contributed by atoms with Gasteiger partial charge in [0, 0.05) is 29.7 Å². The van der Waals surface area contributed by atoms with Gasteiger partial charge in [0.05, 0.1) is 22.4 Å². The summed E-state index contributed by atoms with van der Waals surface area (Å²) in [5.41, 5.74) is 0.754. The zero-order valence-electron chi connectivity index (χ0n) is 18.4. The van der Waals surface area contributed by atoms with Crippen LogP contribution < -0.4 is 5.32 Å². The lowest BCUT2D eigenvalue weighted by atomic mass is 9.81. The fourth-order valence-electron chi connectivity index (χ4n) is 4.38. The van der Waals surface area contributed by atoms with E-state index in [2.05, 4.69) is 25.2 Å². The van der Waals surface area contributed by atoms with E-state index in [4.69, 9.17) is 20.8 Å². The van der Waals surface area contributed by atoms with Gasteiger partial charge in [0.15, 0.2) is 5.13 Å². The van der Waals surface area contributed by atoms with Gasteiger partial charge in [-0.15, -0.1) is 23.4 Å². The number of benzene rings is 1. The molecule has 3 aromatic rings. The molecule has 13 heteroatoms. The summed E-state index contributed by atoms with van der Waals surface area (Å²) in [5, 5.41) is 12.2. The van der Waals surface area contributed by atoms with E-state index in [0.29, 0.717) is 28.9 Å². The minimum atomic E-state index is -4.62. The van der Waals surface area contributed by atoms with E-state index >= 15 is 0 Å². The quantitative estimate of drug-likeness (QED) is 0.410. The van der Waals surface area contributed by atoms with Crippen LogP contribution in [0.3, 0.4) is 0 Å². The van der Waals surface area contributed by atoms with Gasteiger partial charge in [0.2, 0.25) is 17.7 Å². The smallest absolute Gasteiger partial charge is 0.422 e. The molecule has 2 aliphatic carbocycles. The first kappa shape index (κ1) is 24.4. The van der Waals surface area contributed by atoms with Gasteiger partial charge in [0.25, 0.3) is 0 Å². The fourth-order valence-corrected chi connectivity index (χ4v) is 5.40. The minimum absolute atomic E-state index is 0.0432. The number of nitrogens with zero attached hydrogens (tertiary/aromatic N) is 3. The molecule has 2 heterocycles. The molecule has 0 aliphatic heterocycles. The predicted octanol–water partition coefficient (Wildman–Crippen LogP) is 5.83. The molecule has 0 atom stereocenters. The number of hydrogen-bond acceptors (Lipinski definition) is 8. The van der Waals surface area contributed by atoms with E-state index in [0.717, 1.165) is 23.1 Å². The number of anilines is 1. The van der Waals surface area contributed by atoms with E-state index in [-0.39, 0.29) is 49.2 Å². The Morgan fingerprint density at radius 3 is 2.69 bits per heavy atom. The molecule has 35 heavy (non-hydrogen) atoms. The lowest BCUT2D eigenvalue weighted by Crippen LogP contribution is -2.40. The molecule has 2 aromatic heterocycles. The molecule has 0 saturated heterocycles. The Morgan fingerprint density at radius 2 is 1.94 bits per heavy atom. The summed E-state index contributed by atoms with van der Waals surface area (Å²) in [6.07, 6.45) is -2.62. The van der Waals surface area contributed by atoms with Gasteiger partial charge in [-0.2, -0.15) is 0 Å². The lowest BCUT2D eigenvalue weighted by Gasteiger charge is -2.34. The Morgan fingerprint density at radius 1 is 1.17 bits per heavy atom. The summed E-state index contributed by atoms with van der Waals surface area (Å²) in [7, 11) is 0. The second-order valence-corrected chi connectivity index (χ2v) is 10.3. The number of alkyl halides is 3. The Bertz CT molecular complexity index is 1190. The van der Waals surface area contributed by atoms with E-state index in [1.807, 2.05) is 6.07 Å². The van der Waals surface area contributed by atoms with Crippen LogP contribution in [-0.2, 0) is 20.9 Å². The van der Waals surface area contributed by atoms with Crippen LogP contribution in [0.25, 0.3) is 10.2 Å². The number of fused-ring (bicyclic) bond motifs is 1. The van der Waals surface area contributed by atoms with Crippen molar-refractivity contribution in [1.29, 1.82) is 0 Å². The molecule has 1 N–H and O–H groups in total. The topological polar surface area (TPSA) is 99.4 Å². The van der Waals surface area contributed by atoms with Crippen molar-refractivity contribution >= 4 is 44.2 Å². The molecule has 1 amide bonds. The summed E-state index contributed by atoms with van der Waals surface area (Å²) in [4.78, 5) is 17.2. The number of hydrogen-bond donors (Lipinski definition) is 1. The van der Waals surface area contributed by atoms with Crippen molar-refractivity contribution in [3.8, 4) is 0 Å². The lowest BCUT2D eigenvalue weighted by molar-refractivity contribution is -0.357. The highest BCUT2D eigenvalue weighted by Crippen LogP contribution is 2.37. The van der Waals surface area contributed by atoms with Crippen molar-refractivity contribution in [2.45, 2.75) is 69.6 Å². The van der Waals surface area contributed by atoms with Crippen LogP contribution in [-0.4, -0.2) is 39.7 Å². The van der Waals surface area contributed by atoms with Gasteiger partial charge >= 0.3 is 6.36 Å². The number of amides is 1. The molecule has 5 rings (SSSR count). The maximum absolute atomic E-state index is 12.7. The Hall–Kier alpha value is -2.28. The maximum atomic E-state index is 12.7. The third-order valence-corrected chi connectivity index (χ3v) is 7.49. The van der Waals surface area contributed by atoms with Crippen LogP contribution >= 0.6 is 22.9 Å². The highest BCUT2D eigenvalue weighted by molar-refractivity contribution is 7.22. The van der Waals surface area contributed by atoms with E-state index in [1.165, 1.54) is 11.3 Å². The van der Waals surface area contributed by atoms with Gasteiger partial charge in [-0.05, 0) is 43.9 Å². The van der Waals surface area contributed by atoms with E-state index in [1.54, 1.807) is 12.1 Å². The number of thiazole rings is 1. The first-order chi connectivity index (χ1) is 16.7. The van der Waals surface area contributed by atoms with Crippen molar-refractivity contribution in [3.05, 3.63) is 35.0 Å². The van der Waals surface area contributed by atoms with Crippen molar-refractivity contribution < 1.29 is 31.9 Å². The molecule has 1 aromatic carbocycles. The largest absolute Gasteiger partial charge is 0.522 e. The molecule has 188 valence electrons. The summed E-state index contributed by atoms with van der Waals surface area (Å²) < 4.78 is 52.7. The molecule has 8 nitrogen and oxygen atoms in total. The van der Waals surface area contributed by atoms with Crippen molar-refractivity contribution in [2.24, 2.45) is 5.92 Å². The molecule has 0 radical (unpaired) electrons. The Labute approximate surface area is 207 Å². The van der Waals surface area contributed by atoms with Crippen LogP contribution in [0.5, 0.6) is 0 Å². The van der Waals surface area contributed by atoms with Gasteiger partial charge in [-0.1, -0.05) is 22.9 Å². The molecule has 2 saturated carbocycles. The van der Waals surface area contributed by atoms with Crippen molar-refractivity contribution in [2.75, 3.05) is 5.32 Å². The zero-order chi connectivity index (χ0) is 24.6. The molecular weight excluding hydrogens is 509 g/mol. The number of aromatic nitrogens is 3. The van der Waals surface area contributed by atoms with Crippen LogP contribution in [0, 0.1) is 5.92 Å². The zero-order valence-corrected chi connectivity index (χ0v) is 20.0. The number of ether oxygens (including phenoxy) is 2. The van der Waals surface area contributed by atoms with Crippen LogP contribution in [0.4, 0.5) is 18.3 Å². The second-order valence-electron chi connectivity index (χ2n) is 8.79. The number of carbonyl (C=O) groups is 1. The second kappa shape index (κ2) is 10.00. The number of carbonyl (C=O) groups excluding carboxylic acids is 1. The third-order valence-electron chi connectivity index (χ3n) is 6.30. The Balaban J connectivity index is 1.06. The normalized spacial score (nSPS) is 24.9. The van der Waals surface area contributed by atoms with Gasteiger partial charge < -0.3 is 14.5 Å². The maximum Gasteiger partial charge on any atom is 0.522 e. The van der Waals surface area contributed by atoms with Gasteiger partial charge in [-0.3, -0.25) is 9.53 Å². The standard InChI is InChI=1S/C22H22ClF3N4O4S/c23-13-5-6-17-16(7-13)27-21(35-17)28-19(31)11-1-3-12(4-2-11)20-30-29-18(33-20)10-32-14-8-15(9-14)34-22(24,25)26/h5-7,11-12,14-15H,1-4,8-10H2,(H,27,28,31)/t11-,12-,14-,15+. The number of nitrogens with one attached hydrogen (secondary N) is 1. The molecule has 0 unspecified atom stereocenters. The van der Waals surface area contributed by atoms with Crippen LogP contribution in [0.15, 0.2) is 22.6 Å². The molecule has 0 bridgehead atoms. The summed E-state index contributed by atoms with van der Waals surface area (Å²) in [6, 6.07) is 5.44. The monoisotopic (exact) mass is 530 g/mol. The van der Waals surface area contributed by atoms with Gasteiger partial charge in [-0.25, -0.2) is 4.98 Å². The molecular formula is C22H22ClF3N4O4S. The van der Waals surface area contributed by atoms with Crippen LogP contribution in [0.1, 0.15) is 56.2 Å². The third kappa shape index (κ3) is 6.11. The molecule has 2 fully saturated rings. The van der Waals surface area contributed by atoms with E-state index < -0.39 is 12.5 Å². The first-order valence-electron chi connectivity index (χ1n) is 11.3. The number of rotatable bonds is 7.